The maximum atomic E-state index is 14.4. The van der Waals surface area contributed by atoms with Crippen molar-refractivity contribution in [3.05, 3.63) is 65.2 Å². The number of hydrogen-bond donors (Lipinski definition) is 0. The van der Waals surface area contributed by atoms with Gasteiger partial charge in [-0.2, -0.15) is 0 Å². The number of allylic oxidation sites excluding steroid dienone is 1. The molecule has 0 N–H and O–H groups in total. The summed E-state index contributed by atoms with van der Waals surface area (Å²) in [5.74, 6) is 2.95. The summed E-state index contributed by atoms with van der Waals surface area (Å²) < 4.78 is 6.82. The topological polar surface area (TPSA) is 26.3 Å². The smallest absolute Gasteiger partial charge is 0.164 e. The molecule has 6 fully saturated rings. The Bertz CT molecular complexity index is 1640. The Hall–Kier alpha value is -2.19. The van der Waals surface area contributed by atoms with Crippen LogP contribution in [0.5, 0.6) is 0 Å². The molecule has 0 spiro atoms. The second-order valence-corrected chi connectivity index (χ2v) is 20.4. The lowest BCUT2D eigenvalue weighted by atomic mass is 9.31. The van der Waals surface area contributed by atoms with Crippen molar-refractivity contribution in [3.63, 3.8) is 0 Å². The fourth-order valence-electron chi connectivity index (χ4n) is 14.4. The molecule has 1 saturated heterocycles. The number of ether oxygens (including phenoxy) is 1. The Kier molecular flexibility index (Phi) is 8.31. The molecule has 4 unspecified atom stereocenters. The third kappa shape index (κ3) is 4.99. The minimum atomic E-state index is -0.340. The molecule has 270 valence electrons. The summed E-state index contributed by atoms with van der Waals surface area (Å²) in [5.41, 5.74) is 7.29. The van der Waals surface area contributed by atoms with Gasteiger partial charge in [-0.25, -0.2) is 0 Å². The van der Waals surface area contributed by atoms with Crippen LogP contribution >= 0.6 is 0 Å². The first-order chi connectivity index (χ1) is 23.7. The maximum Gasteiger partial charge on any atom is 0.164 e. The molecular formula is C48H66O2. The summed E-state index contributed by atoms with van der Waals surface area (Å²) in [6.45, 7) is 20.9. The van der Waals surface area contributed by atoms with E-state index in [-0.39, 0.29) is 16.2 Å². The van der Waals surface area contributed by atoms with Crippen LogP contribution in [0.1, 0.15) is 144 Å². The number of carbonyl (C=O) groups is 1. The molecule has 1 heterocycles. The molecule has 0 amide bonds. The highest BCUT2D eigenvalue weighted by atomic mass is 16.5. The number of unbranched alkanes of at least 4 members (excludes halogenated alkanes) is 2. The minimum Gasteiger partial charge on any atom is -0.377 e. The Morgan fingerprint density at radius 3 is 2.12 bits per heavy atom. The number of ketones is 1. The summed E-state index contributed by atoms with van der Waals surface area (Å²) in [7, 11) is 0. The summed E-state index contributed by atoms with van der Waals surface area (Å²) >= 11 is 0. The van der Waals surface area contributed by atoms with Crippen molar-refractivity contribution >= 4 is 11.9 Å². The molecular weight excluding hydrogens is 609 g/mol. The predicted molar refractivity (Wildman–Crippen MR) is 208 cm³/mol. The second kappa shape index (κ2) is 11.9. The van der Waals surface area contributed by atoms with Crippen LogP contribution in [0.25, 0.3) is 17.2 Å². The van der Waals surface area contributed by atoms with Gasteiger partial charge >= 0.3 is 0 Å². The molecule has 5 saturated carbocycles. The van der Waals surface area contributed by atoms with Crippen LogP contribution in [0.15, 0.2) is 54.1 Å². The lowest BCUT2D eigenvalue weighted by Gasteiger charge is -2.73. The van der Waals surface area contributed by atoms with E-state index in [0.29, 0.717) is 40.0 Å². The molecule has 8 rings (SSSR count). The van der Waals surface area contributed by atoms with Crippen molar-refractivity contribution in [2.75, 3.05) is 6.61 Å². The summed E-state index contributed by atoms with van der Waals surface area (Å²) in [5, 5.41) is 0. The highest BCUT2D eigenvalue weighted by Gasteiger charge is 2.73. The van der Waals surface area contributed by atoms with Gasteiger partial charge in [0.15, 0.2) is 5.78 Å². The number of rotatable bonds is 6. The molecule has 1 aliphatic heterocycles. The number of benzene rings is 2. The highest BCUT2D eigenvalue weighted by Crippen LogP contribution is 2.78. The van der Waals surface area contributed by atoms with Crippen molar-refractivity contribution in [2.45, 2.75) is 145 Å². The molecule has 0 aromatic heterocycles. The van der Waals surface area contributed by atoms with E-state index in [1.165, 1.54) is 93.7 Å². The van der Waals surface area contributed by atoms with E-state index >= 15 is 0 Å². The van der Waals surface area contributed by atoms with Gasteiger partial charge < -0.3 is 4.74 Å². The zero-order valence-electron chi connectivity index (χ0n) is 32.8. The quantitative estimate of drug-likeness (QED) is 0.225. The average Bonchev–Trinajstić information content (AvgIpc) is 3.42. The summed E-state index contributed by atoms with van der Waals surface area (Å²) in [6.07, 6.45) is 19.1. The first kappa shape index (κ1) is 34.9. The molecule has 9 atom stereocenters. The maximum absolute atomic E-state index is 14.4. The fraction of sp³-hybridized carbons (Fsp3) is 0.688. The van der Waals surface area contributed by atoms with Crippen molar-refractivity contribution in [2.24, 2.45) is 56.2 Å². The molecule has 2 bridgehead atoms. The van der Waals surface area contributed by atoms with Gasteiger partial charge in [-0.1, -0.05) is 117 Å². The van der Waals surface area contributed by atoms with Gasteiger partial charge in [0.1, 0.15) is 0 Å². The van der Waals surface area contributed by atoms with Crippen LogP contribution in [-0.2, 0) is 16.0 Å². The Balaban J connectivity index is 1.07. The van der Waals surface area contributed by atoms with Crippen molar-refractivity contribution < 1.29 is 9.53 Å². The zero-order valence-corrected chi connectivity index (χ0v) is 32.8. The largest absolute Gasteiger partial charge is 0.377 e. The second-order valence-electron chi connectivity index (χ2n) is 20.4. The molecule has 2 aromatic carbocycles. The van der Waals surface area contributed by atoms with Gasteiger partial charge in [-0.15, -0.1) is 0 Å². The van der Waals surface area contributed by atoms with Crippen LogP contribution < -0.4 is 0 Å². The number of carbonyl (C=O) groups excluding carboxylic acids is 1. The SMILES string of the molecule is CCCCCc1ccc(-c2ccc(/C=C3\C[C@@]4(C)C(CC[C@]5(C)C4CCC4C6[C@H]7OC[C@@]6(CCC7(C)C)CC[C@]45C)C(C)(C)C3=O)cc2)cc1. The first-order valence-electron chi connectivity index (χ1n) is 20.7. The lowest BCUT2D eigenvalue weighted by Crippen LogP contribution is -2.67. The minimum absolute atomic E-state index is 0.124. The molecule has 5 aliphatic carbocycles. The molecule has 2 heteroatoms. The first-order valence-corrected chi connectivity index (χ1v) is 20.7. The van der Waals surface area contributed by atoms with Crippen LogP contribution in [0.4, 0.5) is 0 Å². The van der Waals surface area contributed by atoms with Gasteiger partial charge in [-0.05, 0) is 155 Å². The van der Waals surface area contributed by atoms with Crippen LogP contribution in [0.2, 0.25) is 0 Å². The monoisotopic (exact) mass is 675 g/mol. The molecule has 2 nitrogen and oxygen atoms in total. The van der Waals surface area contributed by atoms with E-state index in [0.717, 1.165) is 36.0 Å². The van der Waals surface area contributed by atoms with Gasteiger partial charge in [-0.3, -0.25) is 4.79 Å². The predicted octanol–water partition coefficient (Wildman–Crippen LogP) is 12.5. The normalized spacial score (nSPS) is 42.0. The van der Waals surface area contributed by atoms with Crippen molar-refractivity contribution in [3.8, 4) is 11.1 Å². The summed E-state index contributed by atoms with van der Waals surface area (Å²) in [6, 6.07) is 18.1. The molecule has 6 aliphatic rings. The highest BCUT2D eigenvalue weighted by molar-refractivity contribution is 6.04. The third-order valence-electron chi connectivity index (χ3n) is 17.3. The van der Waals surface area contributed by atoms with E-state index in [1.807, 2.05) is 0 Å². The third-order valence-corrected chi connectivity index (χ3v) is 17.3. The Morgan fingerprint density at radius 2 is 1.42 bits per heavy atom. The molecule has 2 aromatic rings. The van der Waals surface area contributed by atoms with E-state index in [1.54, 1.807) is 0 Å². The van der Waals surface area contributed by atoms with E-state index < -0.39 is 0 Å². The average molecular weight is 675 g/mol. The fourth-order valence-corrected chi connectivity index (χ4v) is 14.4. The Labute approximate surface area is 304 Å². The van der Waals surface area contributed by atoms with Crippen LogP contribution in [0.3, 0.4) is 0 Å². The zero-order chi connectivity index (χ0) is 35.3. The number of hydrogen-bond acceptors (Lipinski definition) is 2. The Morgan fingerprint density at radius 1 is 0.740 bits per heavy atom. The number of aryl methyl sites for hydroxylation is 1. The van der Waals surface area contributed by atoms with E-state index in [4.69, 9.17) is 4.74 Å². The van der Waals surface area contributed by atoms with Gasteiger partial charge in [0.25, 0.3) is 0 Å². The number of fused-ring (bicyclic) bond motifs is 5. The lowest BCUT2D eigenvalue weighted by molar-refractivity contribution is -0.236. The van der Waals surface area contributed by atoms with Crippen LogP contribution in [0, 0.1) is 56.2 Å². The molecule has 50 heavy (non-hydrogen) atoms. The van der Waals surface area contributed by atoms with Crippen molar-refractivity contribution in [1.82, 2.24) is 0 Å². The van der Waals surface area contributed by atoms with Crippen LogP contribution in [-0.4, -0.2) is 18.5 Å². The standard InChI is InChI=1S/C48H66O2/c1-9-10-11-12-32-13-17-34(18-14-32)35-19-15-33(16-20-35)29-36-30-45(6)38(44(4,5)41(36)49)23-24-47(8)39(45)22-21-37-40-42-43(2,3)25-27-48(40,31-50-42)28-26-46(37,47)7/h13-20,29,37-40,42H,9-12,21-28,30-31H2,1-8H3/b36-29+/t37?,38?,39?,40?,42-,45+,46-,47-,48-/m1/s1. The van der Waals surface area contributed by atoms with Gasteiger partial charge in [0.05, 0.1) is 12.7 Å². The van der Waals surface area contributed by atoms with E-state index in [9.17, 15) is 4.79 Å². The summed E-state index contributed by atoms with van der Waals surface area (Å²) in [4.78, 5) is 14.4. The number of Topliss-reactive ketones (excluding diaryl/α,β-unsaturated/α-hetero) is 1. The van der Waals surface area contributed by atoms with Gasteiger partial charge in [0, 0.05) is 5.41 Å². The molecule has 0 radical (unpaired) electrons. The van der Waals surface area contributed by atoms with Crippen molar-refractivity contribution in [1.29, 1.82) is 0 Å². The van der Waals surface area contributed by atoms with E-state index in [2.05, 4.69) is 110 Å². The van der Waals surface area contributed by atoms with Gasteiger partial charge in [0.2, 0.25) is 0 Å².